The van der Waals surface area contributed by atoms with Crippen LogP contribution >= 0.6 is 11.3 Å². The molecule has 0 bridgehead atoms. The van der Waals surface area contributed by atoms with E-state index in [2.05, 4.69) is 10.4 Å². The lowest BCUT2D eigenvalue weighted by atomic mass is 10.1. The lowest BCUT2D eigenvalue weighted by Crippen LogP contribution is -2.33. The smallest absolute Gasteiger partial charge is 0.387 e. The normalized spacial score (nSPS) is 12.1. The summed E-state index contributed by atoms with van der Waals surface area (Å²) in [5.41, 5.74) is 0.761. The number of hydrogen-bond donors (Lipinski definition) is 1. The molecule has 0 aliphatic heterocycles. The highest BCUT2D eigenvalue weighted by Crippen LogP contribution is 2.21. The van der Waals surface area contributed by atoms with Gasteiger partial charge in [0.2, 0.25) is 5.91 Å². The molecular formula is C16H14FN3O3S. The van der Waals surface area contributed by atoms with E-state index in [1.54, 1.807) is 25.1 Å². The molecule has 0 aliphatic carbocycles. The summed E-state index contributed by atoms with van der Waals surface area (Å²) in [7, 11) is 0. The zero-order valence-electron chi connectivity index (χ0n) is 12.7. The predicted octanol–water partition coefficient (Wildman–Crippen LogP) is 2.58. The maximum atomic E-state index is 12.9. The van der Waals surface area contributed by atoms with E-state index in [1.807, 2.05) is 11.4 Å². The summed E-state index contributed by atoms with van der Waals surface area (Å²) in [5, 5.41) is 8.60. The molecule has 6 nitrogen and oxygen atoms in total. The van der Waals surface area contributed by atoms with Crippen LogP contribution in [0.1, 0.15) is 18.5 Å². The first kappa shape index (κ1) is 16.1. The maximum Gasteiger partial charge on any atom is 0.437 e. The van der Waals surface area contributed by atoms with Crippen LogP contribution in [0.25, 0.3) is 10.8 Å². The van der Waals surface area contributed by atoms with Crippen LogP contribution in [0.15, 0.2) is 51.0 Å². The van der Waals surface area contributed by atoms with Crippen molar-refractivity contribution in [3.05, 3.63) is 63.7 Å². The molecule has 8 heteroatoms. The summed E-state index contributed by atoms with van der Waals surface area (Å²) in [4.78, 5) is 24.6. The van der Waals surface area contributed by atoms with Crippen LogP contribution in [0.5, 0.6) is 0 Å². The highest BCUT2D eigenvalue weighted by Gasteiger charge is 2.15. The Balaban J connectivity index is 1.67. The number of hydrogen-bond acceptors (Lipinski definition) is 5. The molecule has 1 atom stereocenters. The fourth-order valence-electron chi connectivity index (χ4n) is 2.16. The Labute approximate surface area is 140 Å². The largest absolute Gasteiger partial charge is 0.437 e. The van der Waals surface area contributed by atoms with Gasteiger partial charge in [0.05, 0.1) is 10.9 Å². The number of nitrogens with one attached hydrogen (secondary N) is 1. The summed E-state index contributed by atoms with van der Waals surface area (Å²) in [6, 6.07) is 9.11. The van der Waals surface area contributed by atoms with Crippen molar-refractivity contribution in [2.24, 2.45) is 0 Å². The topological polar surface area (TPSA) is 77.1 Å². The molecule has 0 fully saturated rings. The third-order valence-corrected chi connectivity index (χ3v) is 4.24. The van der Waals surface area contributed by atoms with Gasteiger partial charge in [0, 0.05) is 0 Å². The Hall–Kier alpha value is -2.74. The van der Waals surface area contributed by atoms with Crippen LogP contribution in [0, 0.1) is 5.82 Å². The molecular weight excluding hydrogens is 333 g/mol. The second-order valence-corrected chi connectivity index (χ2v) is 6.10. The molecule has 2 aromatic heterocycles. The number of nitrogens with zero attached hydrogens (tertiary/aromatic N) is 2. The number of carbonyl (C=O) groups excluding carboxylic acids is 1. The van der Waals surface area contributed by atoms with Crippen molar-refractivity contribution in [2.45, 2.75) is 19.5 Å². The molecule has 24 heavy (non-hydrogen) atoms. The van der Waals surface area contributed by atoms with Crippen molar-refractivity contribution in [3.63, 3.8) is 0 Å². The van der Waals surface area contributed by atoms with Gasteiger partial charge in [-0.1, -0.05) is 18.2 Å². The van der Waals surface area contributed by atoms with Crippen LogP contribution in [0.3, 0.4) is 0 Å². The Morgan fingerprint density at radius 1 is 1.38 bits per heavy atom. The van der Waals surface area contributed by atoms with Crippen LogP contribution in [0.2, 0.25) is 0 Å². The minimum Gasteiger partial charge on any atom is -0.387 e. The van der Waals surface area contributed by atoms with Gasteiger partial charge in [-0.05, 0) is 36.1 Å². The van der Waals surface area contributed by atoms with Gasteiger partial charge in [-0.2, -0.15) is 4.68 Å². The molecule has 0 aliphatic rings. The Morgan fingerprint density at radius 2 is 2.12 bits per heavy atom. The maximum absolute atomic E-state index is 12.9. The number of rotatable bonds is 5. The standard InChI is InChI=1S/C16H14FN3O3S/c1-10(11-4-6-12(17)7-5-11)18-14(21)9-20-16(22)23-15(19-20)13-3-2-8-24-13/h2-8,10H,9H2,1H3,(H,18,21). The monoisotopic (exact) mass is 347 g/mol. The average molecular weight is 347 g/mol. The van der Waals surface area contributed by atoms with Gasteiger partial charge in [-0.15, -0.1) is 16.4 Å². The van der Waals surface area contributed by atoms with E-state index in [0.717, 1.165) is 10.2 Å². The quantitative estimate of drug-likeness (QED) is 0.769. The minimum absolute atomic E-state index is 0.189. The Kier molecular flexibility index (Phi) is 4.57. The third-order valence-electron chi connectivity index (χ3n) is 3.38. The number of thiophene rings is 1. The number of carbonyl (C=O) groups is 1. The zero-order chi connectivity index (χ0) is 17.1. The number of benzene rings is 1. The van der Waals surface area contributed by atoms with Crippen molar-refractivity contribution in [1.29, 1.82) is 0 Å². The first-order valence-corrected chi connectivity index (χ1v) is 8.07. The molecule has 0 saturated heterocycles. The highest BCUT2D eigenvalue weighted by atomic mass is 32.1. The molecule has 3 rings (SSSR count). The van der Waals surface area contributed by atoms with Gasteiger partial charge in [-0.25, -0.2) is 9.18 Å². The Bertz CT molecular complexity index is 884. The summed E-state index contributed by atoms with van der Waals surface area (Å²) < 4.78 is 18.9. The predicted molar refractivity (Wildman–Crippen MR) is 87.0 cm³/mol. The molecule has 1 amide bonds. The molecule has 0 radical (unpaired) electrons. The number of aromatic nitrogens is 2. The molecule has 1 unspecified atom stereocenters. The third kappa shape index (κ3) is 3.60. The van der Waals surface area contributed by atoms with Crippen LogP contribution in [-0.2, 0) is 11.3 Å². The molecule has 0 spiro atoms. The van der Waals surface area contributed by atoms with E-state index >= 15 is 0 Å². The molecule has 0 saturated carbocycles. The molecule has 1 N–H and O–H groups in total. The van der Waals surface area contributed by atoms with Crippen molar-refractivity contribution in [2.75, 3.05) is 0 Å². The average Bonchev–Trinajstić information content (AvgIpc) is 3.18. The van der Waals surface area contributed by atoms with E-state index in [0.29, 0.717) is 4.88 Å². The van der Waals surface area contributed by atoms with Crippen LogP contribution in [0.4, 0.5) is 4.39 Å². The summed E-state index contributed by atoms with van der Waals surface area (Å²) in [6.45, 7) is 1.52. The summed E-state index contributed by atoms with van der Waals surface area (Å²) in [6.07, 6.45) is 0. The Morgan fingerprint density at radius 3 is 2.79 bits per heavy atom. The van der Waals surface area contributed by atoms with Crippen LogP contribution < -0.4 is 11.1 Å². The summed E-state index contributed by atoms with van der Waals surface area (Å²) >= 11 is 1.39. The van der Waals surface area contributed by atoms with Crippen molar-refractivity contribution in [1.82, 2.24) is 15.1 Å². The van der Waals surface area contributed by atoms with Gasteiger partial charge < -0.3 is 9.73 Å². The zero-order valence-corrected chi connectivity index (χ0v) is 13.5. The van der Waals surface area contributed by atoms with E-state index in [1.165, 1.54) is 23.5 Å². The lowest BCUT2D eigenvalue weighted by molar-refractivity contribution is -0.122. The molecule has 3 aromatic rings. The van der Waals surface area contributed by atoms with Crippen molar-refractivity contribution < 1.29 is 13.6 Å². The SMILES string of the molecule is CC(NC(=O)Cn1nc(-c2cccs2)oc1=O)c1ccc(F)cc1. The van der Waals surface area contributed by atoms with E-state index < -0.39 is 5.76 Å². The van der Waals surface area contributed by atoms with Gasteiger partial charge in [0.25, 0.3) is 5.89 Å². The first-order valence-electron chi connectivity index (χ1n) is 7.19. The van der Waals surface area contributed by atoms with E-state index in [-0.39, 0.29) is 30.2 Å². The van der Waals surface area contributed by atoms with Gasteiger partial charge in [-0.3, -0.25) is 4.79 Å². The van der Waals surface area contributed by atoms with E-state index in [9.17, 15) is 14.0 Å². The number of halogens is 1. The minimum atomic E-state index is -0.692. The van der Waals surface area contributed by atoms with Gasteiger partial charge in [0.1, 0.15) is 12.4 Å². The van der Waals surface area contributed by atoms with E-state index in [4.69, 9.17) is 4.42 Å². The first-order chi connectivity index (χ1) is 11.5. The second kappa shape index (κ2) is 6.79. The van der Waals surface area contributed by atoms with Crippen molar-refractivity contribution in [3.8, 4) is 10.8 Å². The van der Waals surface area contributed by atoms with Gasteiger partial charge >= 0.3 is 5.76 Å². The fraction of sp³-hybridized carbons (Fsp3) is 0.188. The van der Waals surface area contributed by atoms with Gasteiger partial charge in [0.15, 0.2) is 0 Å². The van der Waals surface area contributed by atoms with Crippen LogP contribution in [-0.4, -0.2) is 15.7 Å². The second-order valence-electron chi connectivity index (χ2n) is 5.15. The lowest BCUT2D eigenvalue weighted by Gasteiger charge is -2.13. The summed E-state index contributed by atoms with van der Waals surface area (Å²) in [5.74, 6) is -1.23. The number of amides is 1. The molecule has 2 heterocycles. The highest BCUT2D eigenvalue weighted by molar-refractivity contribution is 7.13. The molecule has 1 aromatic carbocycles. The van der Waals surface area contributed by atoms with Crippen molar-refractivity contribution >= 4 is 17.2 Å². The molecule has 124 valence electrons. The fourth-order valence-corrected chi connectivity index (χ4v) is 2.81.